The number of hydrogen-bond donors (Lipinski definition) is 0. The van der Waals surface area contributed by atoms with E-state index in [1.165, 1.54) is 0 Å². The molecule has 0 fully saturated rings. The first-order chi connectivity index (χ1) is 13.1. The molecule has 0 N–H and O–H groups in total. The fourth-order valence-electron chi connectivity index (χ4n) is 2.75. The van der Waals surface area contributed by atoms with E-state index in [9.17, 15) is 4.79 Å². The van der Waals surface area contributed by atoms with Gasteiger partial charge in [-0.1, -0.05) is 39.8 Å². The fraction of sp³-hybridized carbons (Fsp3) is 0.300. The number of ether oxygens (including phenoxy) is 2. The first kappa shape index (κ1) is 19.8. The number of anilines is 1. The minimum Gasteiger partial charge on any atom is -0.497 e. The minimum absolute atomic E-state index is 0.0150. The predicted octanol–water partition coefficient (Wildman–Crippen LogP) is 4.65. The first-order valence-electron chi connectivity index (χ1n) is 8.58. The summed E-state index contributed by atoms with van der Waals surface area (Å²) < 4.78 is 11.9. The maximum atomic E-state index is 12.9. The van der Waals surface area contributed by atoms with Gasteiger partial charge in [0.2, 0.25) is 0 Å². The van der Waals surface area contributed by atoms with Gasteiger partial charge in [0.1, 0.15) is 11.5 Å². The lowest BCUT2D eigenvalue weighted by Crippen LogP contribution is -2.36. The van der Waals surface area contributed by atoms with Crippen LogP contribution in [0.1, 0.15) is 16.8 Å². The van der Waals surface area contributed by atoms with Gasteiger partial charge in [-0.2, -0.15) is 0 Å². The quantitative estimate of drug-likeness (QED) is 0.601. The molecule has 0 bridgehead atoms. The van der Waals surface area contributed by atoms with Gasteiger partial charge in [0, 0.05) is 28.4 Å². The maximum absolute atomic E-state index is 12.9. The molecule has 0 aromatic heterocycles. The molecule has 0 saturated heterocycles. The summed E-state index contributed by atoms with van der Waals surface area (Å²) >= 11 is 5.06. The molecule has 1 aliphatic rings. The smallest absolute Gasteiger partial charge is 0.182 e. The molecule has 2 aromatic carbocycles. The second-order valence-corrected chi connectivity index (χ2v) is 7.90. The third-order valence-corrected chi connectivity index (χ3v) is 5.79. The van der Waals surface area contributed by atoms with Gasteiger partial charge in [-0.15, -0.1) is 0 Å². The molecular formula is C20H21BrN2O3S. The lowest BCUT2D eigenvalue weighted by Gasteiger charge is -2.28. The molecule has 142 valence electrons. The molecule has 7 heteroatoms. The van der Waals surface area contributed by atoms with Gasteiger partial charge >= 0.3 is 0 Å². The van der Waals surface area contributed by atoms with Crippen molar-refractivity contribution in [3.05, 3.63) is 52.5 Å². The van der Waals surface area contributed by atoms with Crippen LogP contribution in [0.3, 0.4) is 0 Å². The van der Waals surface area contributed by atoms with Gasteiger partial charge in [0.15, 0.2) is 11.0 Å². The minimum atomic E-state index is 0.0150. The van der Waals surface area contributed by atoms with Crippen LogP contribution in [0.25, 0.3) is 0 Å². The van der Waals surface area contributed by atoms with Crippen LogP contribution in [0.2, 0.25) is 0 Å². The maximum Gasteiger partial charge on any atom is 0.182 e. The Labute approximate surface area is 171 Å². The second kappa shape index (κ2) is 9.28. The molecule has 0 aliphatic carbocycles. The molecule has 27 heavy (non-hydrogen) atoms. The van der Waals surface area contributed by atoms with E-state index in [0.29, 0.717) is 17.1 Å². The summed E-state index contributed by atoms with van der Waals surface area (Å²) in [6.45, 7) is 0.939. The number of carbonyl (C=O) groups excluding carboxylic acids is 1. The number of halogens is 1. The van der Waals surface area contributed by atoms with E-state index in [-0.39, 0.29) is 12.3 Å². The third kappa shape index (κ3) is 4.84. The normalized spacial score (nSPS) is 13.7. The molecule has 0 unspecified atom stereocenters. The van der Waals surface area contributed by atoms with Crippen LogP contribution >= 0.6 is 27.7 Å². The van der Waals surface area contributed by atoms with E-state index in [1.807, 2.05) is 47.4 Å². The first-order valence-corrected chi connectivity index (χ1v) is 10.4. The van der Waals surface area contributed by atoms with E-state index >= 15 is 0 Å². The molecule has 0 radical (unpaired) electrons. The summed E-state index contributed by atoms with van der Waals surface area (Å²) in [5, 5.41) is 0.832. The van der Waals surface area contributed by atoms with Gasteiger partial charge in [0.25, 0.3) is 0 Å². The molecule has 5 nitrogen and oxygen atoms in total. The number of Topliss-reactive ketones (excluding diaryl/α,β-unsaturated/α-hetero) is 1. The Morgan fingerprint density at radius 3 is 2.59 bits per heavy atom. The largest absolute Gasteiger partial charge is 0.497 e. The van der Waals surface area contributed by atoms with Crippen LogP contribution in [-0.2, 0) is 0 Å². The summed E-state index contributed by atoms with van der Waals surface area (Å²) in [4.78, 5) is 19.5. The average Bonchev–Trinajstić information content (AvgIpc) is 2.72. The van der Waals surface area contributed by atoms with E-state index in [2.05, 4.69) is 20.9 Å². The van der Waals surface area contributed by atoms with Crippen molar-refractivity contribution >= 4 is 44.3 Å². The van der Waals surface area contributed by atoms with E-state index in [1.54, 1.807) is 26.0 Å². The van der Waals surface area contributed by atoms with E-state index in [4.69, 9.17) is 9.47 Å². The molecule has 0 spiro atoms. The summed E-state index contributed by atoms with van der Waals surface area (Å²) in [7, 11) is 3.24. The van der Waals surface area contributed by atoms with Crippen LogP contribution in [0, 0.1) is 0 Å². The van der Waals surface area contributed by atoms with Crippen molar-refractivity contribution in [2.24, 2.45) is 4.99 Å². The number of aliphatic imine (C=N–C) groups is 1. The highest BCUT2D eigenvalue weighted by atomic mass is 79.9. The van der Waals surface area contributed by atoms with Crippen molar-refractivity contribution in [1.82, 2.24) is 0 Å². The van der Waals surface area contributed by atoms with Crippen molar-refractivity contribution in [3.8, 4) is 11.5 Å². The number of rotatable bonds is 6. The molecule has 0 atom stereocenters. The lowest BCUT2D eigenvalue weighted by atomic mass is 10.1. The predicted molar refractivity (Wildman–Crippen MR) is 115 cm³/mol. The van der Waals surface area contributed by atoms with Gasteiger partial charge in [0.05, 0.1) is 26.5 Å². The van der Waals surface area contributed by atoms with Crippen molar-refractivity contribution in [2.75, 3.05) is 38.0 Å². The monoisotopic (exact) mass is 448 g/mol. The van der Waals surface area contributed by atoms with E-state index < -0.39 is 0 Å². The van der Waals surface area contributed by atoms with Crippen LogP contribution in [-0.4, -0.2) is 44.0 Å². The Hall–Kier alpha value is -1.99. The van der Waals surface area contributed by atoms with Crippen molar-refractivity contribution in [2.45, 2.75) is 6.42 Å². The molecule has 2 aromatic rings. The molecular weight excluding hydrogens is 428 g/mol. The molecule has 3 rings (SSSR count). The van der Waals surface area contributed by atoms with Gasteiger partial charge in [-0.3, -0.25) is 9.79 Å². The Bertz CT molecular complexity index is 840. The highest BCUT2D eigenvalue weighted by Crippen LogP contribution is 2.35. The summed E-state index contributed by atoms with van der Waals surface area (Å²) in [5.74, 6) is 2.37. The number of amidine groups is 1. The zero-order valence-corrected chi connectivity index (χ0v) is 17.7. The highest BCUT2D eigenvalue weighted by molar-refractivity contribution is 9.10. The number of carbonyl (C=O) groups is 1. The van der Waals surface area contributed by atoms with Gasteiger partial charge in [-0.25, -0.2) is 0 Å². The summed E-state index contributed by atoms with van der Waals surface area (Å²) in [6, 6.07) is 13.0. The van der Waals surface area contributed by atoms with Crippen LogP contribution < -0.4 is 14.4 Å². The molecule has 0 amide bonds. The Balaban J connectivity index is 1.98. The topological polar surface area (TPSA) is 51.1 Å². The highest BCUT2D eigenvalue weighted by Gasteiger charge is 2.24. The molecule has 1 heterocycles. The Morgan fingerprint density at radius 1 is 1.19 bits per heavy atom. The van der Waals surface area contributed by atoms with Gasteiger partial charge in [-0.05, 0) is 30.7 Å². The third-order valence-electron chi connectivity index (χ3n) is 4.16. The number of nitrogens with zero attached hydrogens (tertiary/aromatic N) is 2. The standard InChI is InChI=1S/C20H21BrN2O3S/c1-25-16-8-9-19(26-2)17(12-16)23(20-22-10-3-11-27-20)13-18(24)14-4-6-15(21)7-5-14/h4-9,12H,3,10-11,13H2,1-2H3. The van der Waals surface area contributed by atoms with Gasteiger partial charge < -0.3 is 14.4 Å². The zero-order chi connectivity index (χ0) is 19.2. The summed E-state index contributed by atoms with van der Waals surface area (Å²) in [6.07, 6.45) is 1.04. The second-order valence-electron chi connectivity index (χ2n) is 5.92. The molecule has 0 saturated carbocycles. The summed E-state index contributed by atoms with van der Waals surface area (Å²) in [5.41, 5.74) is 1.43. The lowest BCUT2D eigenvalue weighted by molar-refractivity contribution is 0.100. The van der Waals surface area contributed by atoms with Crippen molar-refractivity contribution < 1.29 is 14.3 Å². The van der Waals surface area contributed by atoms with E-state index in [0.717, 1.165) is 34.0 Å². The number of methoxy groups -OCH3 is 2. The fourth-order valence-corrected chi connectivity index (χ4v) is 3.97. The Kier molecular flexibility index (Phi) is 6.79. The molecule has 1 aliphatic heterocycles. The SMILES string of the molecule is COc1ccc(OC)c(N(CC(=O)c2ccc(Br)cc2)C2=NCCCS2)c1. The number of benzene rings is 2. The van der Waals surface area contributed by atoms with Crippen molar-refractivity contribution in [1.29, 1.82) is 0 Å². The van der Waals surface area contributed by atoms with Crippen LogP contribution in [0.4, 0.5) is 5.69 Å². The van der Waals surface area contributed by atoms with Crippen molar-refractivity contribution in [3.63, 3.8) is 0 Å². The average molecular weight is 449 g/mol. The van der Waals surface area contributed by atoms with Crippen LogP contribution in [0.5, 0.6) is 11.5 Å². The number of thioether (sulfide) groups is 1. The zero-order valence-electron chi connectivity index (χ0n) is 15.3. The number of ketones is 1. The Morgan fingerprint density at radius 2 is 1.96 bits per heavy atom. The number of hydrogen-bond acceptors (Lipinski definition) is 6. The van der Waals surface area contributed by atoms with Crippen LogP contribution in [0.15, 0.2) is 51.9 Å².